The number of aliphatic hydroxyl groups excluding tert-OH is 4. The quantitative estimate of drug-likeness (QED) is 0.0542. The number of aliphatic carboxylic acids is 1. The number of hydrogen-bond acceptors (Lipinski definition) is 12. The van der Waals surface area contributed by atoms with Crippen molar-refractivity contribution in [3.05, 3.63) is 11.4 Å². The average Bonchev–Trinajstić information content (AvgIpc) is 3.07. The Labute approximate surface area is 306 Å². The number of carbonyl (C=O) groups excluding carboxylic acids is 3. The zero-order chi connectivity index (χ0) is 40.1. The van der Waals surface area contributed by atoms with Crippen LogP contribution in [0.2, 0.25) is 0 Å². The maximum Gasteiger partial charge on any atom is 0.303 e. The number of hydrogen-bond donors (Lipinski definition) is 8. The summed E-state index contributed by atoms with van der Waals surface area (Å²) < 4.78 is 16.8. The molecule has 0 spiro atoms. The van der Waals surface area contributed by atoms with E-state index in [0.29, 0.717) is 0 Å². The molecule has 17 nitrogen and oxygen atoms in total. The normalized spacial score (nSPS) is 24.2. The van der Waals surface area contributed by atoms with E-state index in [2.05, 4.69) is 26.9 Å². The fourth-order valence-electron chi connectivity index (χ4n) is 6.47. The molecule has 0 aromatic carbocycles. The molecule has 0 aliphatic carbocycles. The highest BCUT2D eigenvalue weighted by Gasteiger charge is 2.59. The number of aliphatic hydroxyl groups is 4. The molecule has 17 heteroatoms. The maximum atomic E-state index is 14.2. The van der Waals surface area contributed by atoms with Gasteiger partial charge in [0.15, 0.2) is 6.29 Å². The third-order valence-electron chi connectivity index (χ3n) is 10.5. The molecular weight excluding hydrogens is 682 g/mol. The van der Waals surface area contributed by atoms with Gasteiger partial charge in [0.1, 0.15) is 24.4 Å². The first-order chi connectivity index (χ1) is 24.0. The van der Waals surface area contributed by atoms with Crippen LogP contribution in [0.15, 0.2) is 0 Å². The van der Waals surface area contributed by atoms with Crippen LogP contribution < -0.4 is 16.0 Å². The Hall–Kier alpha value is -3.42. The van der Waals surface area contributed by atoms with Gasteiger partial charge in [-0.15, -0.1) is 0 Å². The number of amides is 3. The Balaban J connectivity index is 3.18. The summed E-state index contributed by atoms with van der Waals surface area (Å²) in [6, 6.07) is 1.09. The molecule has 0 radical (unpaired) electrons. The molecule has 3 amide bonds. The highest BCUT2D eigenvalue weighted by Crippen LogP contribution is 2.56. The summed E-state index contributed by atoms with van der Waals surface area (Å²) in [4.78, 5) is 54.6. The highest BCUT2D eigenvalue weighted by atomic mass is 16.7. The minimum Gasteiger partial charge on any atom is -0.481 e. The first kappa shape index (κ1) is 46.6. The third-order valence-corrected chi connectivity index (χ3v) is 10.5. The zero-order valence-electron chi connectivity index (χ0n) is 31.7. The van der Waals surface area contributed by atoms with Gasteiger partial charge in [-0.25, -0.2) is 6.57 Å². The van der Waals surface area contributed by atoms with E-state index in [9.17, 15) is 50.0 Å². The van der Waals surface area contributed by atoms with Gasteiger partial charge in [0, 0.05) is 39.8 Å². The standard InChI is InChI=1S/C35H59N5O12/c1-22(43)40-25-27(47)26(46)23(18-42)52-28(25)51-17-16-50-15-13-39-30(49)35(8,20-33(6,37-9)11-10-24(44)45)31(2,3)19-34(7,32(4,5)21-36)29(48)38-12-14-41/h23,25-28,41-42,46-47H,10-20H2,1-8H3,(H,38,48)(H,39,49)(H,40,43)(H,44,45)/t23-,25-,26+,27-,28-,33?,34?,35?/m1/s1. The molecule has 8 N–H and O–H groups in total. The van der Waals surface area contributed by atoms with Crippen molar-refractivity contribution in [2.45, 2.75) is 117 Å². The van der Waals surface area contributed by atoms with Crippen molar-refractivity contribution in [3.63, 3.8) is 0 Å². The lowest BCUT2D eigenvalue weighted by Gasteiger charge is -2.50. The minimum atomic E-state index is -1.47. The second-order valence-corrected chi connectivity index (χ2v) is 15.3. The second-order valence-electron chi connectivity index (χ2n) is 15.3. The first-order valence-electron chi connectivity index (χ1n) is 17.3. The number of carbonyl (C=O) groups is 4. The molecule has 1 aliphatic rings. The van der Waals surface area contributed by atoms with E-state index >= 15 is 0 Å². The SMILES string of the molecule is [C-]#[N+]C(C)(CCC(=O)O)CC(C)(C(=O)NCCOCCO[C@@H]1O[C@H](CO)[C@H](O)[C@H](O)[C@H]1NC(C)=O)C(C)(C)CC(C)(C(=O)NCCO)C(C)(C)C#N. The molecule has 1 aliphatic heterocycles. The molecule has 0 aromatic rings. The lowest BCUT2D eigenvalue weighted by atomic mass is 9.52. The van der Waals surface area contributed by atoms with Crippen LogP contribution >= 0.6 is 0 Å². The van der Waals surface area contributed by atoms with E-state index in [0.717, 1.165) is 0 Å². The van der Waals surface area contributed by atoms with Gasteiger partial charge < -0.3 is 60.5 Å². The van der Waals surface area contributed by atoms with Crippen LogP contribution in [-0.2, 0) is 33.4 Å². The molecular formula is C35H59N5O12. The van der Waals surface area contributed by atoms with Gasteiger partial charge in [0.25, 0.3) is 0 Å². The lowest BCUT2D eigenvalue weighted by Crippen LogP contribution is -2.64. The molecule has 1 saturated heterocycles. The van der Waals surface area contributed by atoms with E-state index in [1.165, 1.54) is 6.92 Å². The van der Waals surface area contributed by atoms with Gasteiger partial charge in [-0.05, 0) is 39.5 Å². The molecule has 1 heterocycles. The molecule has 52 heavy (non-hydrogen) atoms. The van der Waals surface area contributed by atoms with Crippen molar-refractivity contribution < 1.29 is 58.9 Å². The molecule has 0 bridgehead atoms. The Kier molecular flexibility index (Phi) is 17.6. The fraction of sp³-hybridized carbons (Fsp3) is 0.829. The lowest BCUT2D eigenvalue weighted by molar-refractivity contribution is -0.272. The molecule has 1 rings (SSSR count). The number of nitrogens with zero attached hydrogens (tertiary/aromatic N) is 2. The van der Waals surface area contributed by atoms with Gasteiger partial charge >= 0.3 is 5.97 Å². The molecule has 8 atom stereocenters. The zero-order valence-corrected chi connectivity index (χ0v) is 31.7. The van der Waals surface area contributed by atoms with Crippen LogP contribution in [0.25, 0.3) is 4.85 Å². The van der Waals surface area contributed by atoms with Gasteiger partial charge in [-0.2, -0.15) is 5.26 Å². The summed E-state index contributed by atoms with van der Waals surface area (Å²) in [5, 5.41) is 66.9. The van der Waals surface area contributed by atoms with Crippen LogP contribution in [0.4, 0.5) is 0 Å². The summed E-state index contributed by atoms with van der Waals surface area (Å²) >= 11 is 0. The van der Waals surface area contributed by atoms with Crippen molar-refractivity contribution >= 4 is 23.7 Å². The fourth-order valence-corrected chi connectivity index (χ4v) is 6.47. The van der Waals surface area contributed by atoms with Crippen LogP contribution in [0.5, 0.6) is 0 Å². The Morgan fingerprint density at radius 2 is 1.50 bits per heavy atom. The summed E-state index contributed by atoms with van der Waals surface area (Å²) in [6.07, 6.45) is -5.68. The largest absolute Gasteiger partial charge is 0.481 e. The van der Waals surface area contributed by atoms with Crippen molar-refractivity contribution in [2.75, 3.05) is 46.1 Å². The van der Waals surface area contributed by atoms with E-state index < -0.39 is 88.1 Å². The topological polar surface area (TPSA) is 261 Å². The summed E-state index contributed by atoms with van der Waals surface area (Å²) in [7, 11) is 0. The van der Waals surface area contributed by atoms with E-state index in [-0.39, 0.29) is 65.2 Å². The summed E-state index contributed by atoms with van der Waals surface area (Å²) in [5.74, 6) is -2.56. The van der Waals surface area contributed by atoms with E-state index in [1.807, 2.05) is 0 Å². The highest BCUT2D eigenvalue weighted by molar-refractivity contribution is 5.85. The number of ether oxygens (including phenoxy) is 3. The molecule has 296 valence electrons. The second kappa shape index (κ2) is 19.6. The van der Waals surface area contributed by atoms with Crippen molar-refractivity contribution in [1.82, 2.24) is 16.0 Å². The van der Waals surface area contributed by atoms with E-state index in [1.54, 1.807) is 48.5 Å². The smallest absolute Gasteiger partial charge is 0.303 e. The molecule has 1 fully saturated rings. The van der Waals surface area contributed by atoms with Gasteiger partial charge in [0.05, 0.1) is 61.8 Å². The Morgan fingerprint density at radius 3 is 2.02 bits per heavy atom. The van der Waals surface area contributed by atoms with Gasteiger partial charge in [-0.3, -0.25) is 19.2 Å². The van der Waals surface area contributed by atoms with Crippen LogP contribution in [0.1, 0.15) is 81.1 Å². The Bertz CT molecular complexity index is 1320. The van der Waals surface area contributed by atoms with Crippen molar-refractivity contribution in [1.29, 1.82) is 5.26 Å². The number of rotatable bonds is 22. The number of carboxylic acids is 1. The van der Waals surface area contributed by atoms with Crippen molar-refractivity contribution in [2.24, 2.45) is 21.7 Å². The average molecular weight is 742 g/mol. The molecule has 3 unspecified atom stereocenters. The number of nitriles is 1. The Morgan fingerprint density at radius 1 is 0.904 bits per heavy atom. The molecule has 0 saturated carbocycles. The number of carboxylic acid groups (broad SMARTS) is 1. The maximum absolute atomic E-state index is 14.2. The van der Waals surface area contributed by atoms with Crippen LogP contribution in [0, 0.1) is 39.6 Å². The minimum absolute atomic E-state index is 0.00811. The predicted octanol–water partition coefficient (Wildman–Crippen LogP) is 0.0996. The summed E-state index contributed by atoms with van der Waals surface area (Å²) in [5.41, 5.74) is -6.33. The first-order valence-corrected chi connectivity index (χ1v) is 17.3. The van der Waals surface area contributed by atoms with Crippen molar-refractivity contribution in [3.8, 4) is 6.07 Å². The van der Waals surface area contributed by atoms with Crippen LogP contribution in [0.3, 0.4) is 0 Å². The monoisotopic (exact) mass is 741 g/mol. The van der Waals surface area contributed by atoms with Gasteiger partial charge in [0.2, 0.25) is 23.3 Å². The summed E-state index contributed by atoms with van der Waals surface area (Å²) in [6.45, 7) is 19.8. The van der Waals surface area contributed by atoms with E-state index in [4.69, 9.17) is 20.8 Å². The predicted molar refractivity (Wildman–Crippen MR) is 186 cm³/mol. The van der Waals surface area contributed by atoms with Gasteiger partial charge in [-0.1, -0.05) is 13.8 Å². The number of nitrogens with one attached hydrogen (secondary N) is 3. The molecule has 0 aromatic heterocycles. The third kappa shape index (κ3) is 11.8. The van der Waals surface area contributed by atoms with Crippen LogP contribution in [-0.4, -0.2) is 132 Å².